The number of nitrogens with one attached hydrogen (secondary N) is 1. The van der Waals surface area contributed by atoms with Gasteiger partial charge in [-0.05, 0) is 48.4 Å². The summed E-state index contributed by atoms with van der Waals surface area (Å²) < 4.78 is 10.9. The van der Waals surface area contributed by atoms with E-state index in [1.807, 2.05) is 36.4 Å². The molecule has 6 heteroatoms. The fourth-order valence-corrected chi connectivity index (χ4v) is 3.77. The quantitative estimate of drug-likeness (QED) is 0.631. The van der Waals surface area contributed by atoms with Gasteiger partial charge in [0.25, 0.3) is 5.91 Å². The minimum Gasteiger partial charge on any atom is -0.493 e. The van der Waals surface area contributed by atoms with Crippen molar-refractivity contribution in [2.24, 2.45) is 4.99 Å². The lowest BCUT2D eigenvalue weighted by molar-refractivity contribution is 0.102. The topological polar surface area (TPSA) is 59.9 Å². The van der Waals surface area contributed by atoms with E-state index in [0.717, 1.165) is 28.8 Å². The summed E-state index contributed by atoms with van der Waals surface area (Å²) in [6.07, 6.45) is 0.816. The summed E-state index contributed by atoms with van der Waals surface area (Å²) in [5, 5.41) is 3.52. The van der Waals surface area contributed by atoms with Crippen molar-refractivity contribution in [3.05, 3.63) is 87.9 Å². The van der Waals surface area contributed by atoms with Crippen LogP contribution >= 0.6 is 11.6 Å². The average molecular weight is 421 g/mol. The molecule has 3 aromatic rings. The van der Waals surface area contributed by atoms with E-state index in [4.69, 9.17) is 26.1 Å². The molecule has 0 saturated carbocycles. The number of hydrogen-bond donors (Lipinski definition) is 1. The summed E-state index contributed by atoms with van der Waals surface area (Å²) in [5.41, 5.74) is 4.95. The Morgan fingerprint density at radius 2 is 1.73 bits per heavy atom. The minimum atomic E-state index is -0.228. The van der Waals surface area contributed by atoms with Crippen molar-refractivity contribution in [3.8, 4) is 11.5 Å². The SMILES string of the molecule is COc1cc2c(cc1OC)C(c1ccccc1NC(=O)c1cccc(Cl)c1)=NCC2. The molecule has 30 heavy (non-hydrogen) atoms. The van der Waals surface area contributed by atoms with Gasteiger partial charge < -0.3 is 14.8 Å². The van der Waals surface area contributed by atoms with Gasteiger partial charge in [-0.1, -0.05) is 35.9 Å². The van der Waals surface area contributed by atoms with Gasteiger partial charge in [0.2, 0.25) is 0 Å². The molecular weight excluding hydrogens is 400 g/mol. The molecule has 0 aliphatic carbocycles. The maximum atomic E-state index is 12.8. The van der Waals surface area contributed by atoms with Crippen molar-refractivity contribution in [1.29, 1.82) is 0 Å². The van der Waals surface area contributed by atoms with Crippen molar-refractivity contribution >= 4 is 28.9 Å². The van der Waals surface area contributed by atoms with Crippen molar-refractivity contribution in [2.75, 3.05) is 26.1 Å². The Morgan fingerprint density at radius 1 is 0.967 bits per heavy atom. The first-order valence-corrected chi connectivity index (χ1v) is 9.94. The molecule has 1 aliphatic heterocycles. The minimum absolute atomic E-state index is 0.228. The van der Waals surface area contributed by atoms with Gasteiger partial charge >= 0.3 is 0 Å². The molecule has 3 aromatic carbocycles. The molecule has 0 unspecified atom stereocenters. The van der Waals surface area contributed by atoms with E-state index < -0.39 is 0 Å². The number of ether oxygens (including phenoxy) is 2. The van der Waals surface area contributed by atoms with Gasteiger partial charge in [-0.25, -0.2) is 0 Å². The van der Waals surface area contributed by atoms with Gasteiger partial charge in [-0.3, -0.25) is 9.79 Å². The van der Waals surface area contributed by atoms with Crippen LogP contribution in [0.5, 0.6) is 11.5 Å². The number of anilines is 1. The van der Waals surface area contributed by atoms with E-state index in [2.05, 4.69) is 5.32 Å². The first kappa shape index (κ1) is 20.0. The molecule has 1 heterocycles. The number of methoxy groups -OCH3 is 2. The van der Waals surface area contributed by atoms with E-state index in [1.54, 1.807) is 38.5 Å². The Hall–Kier alpha value is -3.31. The zero-order valence-corrected chi connectivity index (χ0v) is 17.5. The van der Waals surface area contributed by atoms with Crippen LogP contribution in [0.15, 0.2) is 65.7 Å². The third-order valence-corrected chi connectivity index (χ3v) is 5.27. The van der Waals surface area contributed by atoms with Gasteiger partial charge in [-0.2, -0.15) is 0 Å². The van der Waals surface area contributed by atoms with Crippen LogP contribution in [-0.2, 0) is 6.42 Å². The zero-order chi connectivity index (χ0) is 21.1. The van der Waals surface area contributed by atoms with Crippen molar-refractivity contribution in [3.63, 3.8) is 0 Å². The molecule has 0 atom stereocenters. The molecule has 0 bridgehead atoms. The van der Waals surface area contributed by atoms with Crippen LogP contribution in [-0.4, -0.2) is 32.4 Å². The number of hydrogen-bond acceptors (Lipinski definition) is 4. The second-order valence-corrected chi connectivity index (χ2v) is 7.29. The molecule has 1 aliphatic rings. The van der Waals surface area contributed by atoms with Crippen molar-refractivity contribution in [1.82, 2.24) is 0 Å². The molecule has 152 valence electrons. The molecule has 5 nitrogen and oxygen atoms in total. The van der Waals surface area contributed by atoms with Crippen LogP contribution in [0.3, 0.4) is 0 Å². The molecule has 4 rings (SSSR count). The van der Waals surface area contributed by atoms with Gasteiger partial charge in [0, 0.05) is 28.3 Å². The first-order chi connectivity index (χ1) is 14.6. The van der Waals surface area contributed by atoms with Gasteiger partial charge in [-0.15, -0.1) is 0 Å². The van der Waals surface area contributed by atoms with Crippen molar-refractivity contribution < 1.29 is 14.3 Å². The number of halogens is 1. The number of benzene rings is 3. The lowest BCUT2D eigenvalue weighted by atomic mass is 9.92. The van der Waals surface area contributed by atoms with Crippen LogP contribution in [0.25, 0.3) is 0 Å². The molecule has 0 fully saturated rings. The summed E-state index contributed by atoms with van der Waals surface area (Å²) in [6, 6.07) is 18.5. The fourth-order valence-electron chi connectivity index (χ4n) is 3.57. The monoisotopic (exact) mass is 420 g/mol. The summed E-state index contributed by atoms with van der Waals surface area (Å²) in [5.74, 6) is 1.11. The van der Waals surface area contributed by atoms with Crippen LogP contribution in [0.4, 0.5) is 5.69 Å². The highest BCUT2D eigenvalue weighted by Crippen LogP contribution is 2.34. The number of aliphatic imine (C=N–C) groups is 1. The molecule has 0 radical (unpaired) electrons. The number of rotatable bonds is 5. The van der Waals surface area contributed by atoms with Gasteiger partial charge in [0.15, 0.2) is 11.5 Å². The Labute approximate surface area is 180 Å². The van der Waals surface area contributed by atoms with E-state index in [0.29, 0.717) is 34.3 Å². The Morgan fingerprint density at radius 3 is 2.50 bits per heavy atom. The van der Waals surface area contributed by atoms with Crippen LogP contribution < -0.4 is 14.8 Å². The lowest BCUT2D eigenvalue weighted by Crippen LogP contribution is -2.19. The Bertz CT molecular complexity index is 1140. The van der Waals surface area contributed by atoms with E-state index in [-0.39, 0.29) is 5.91 Å². The molecular formula is C24H21ClN2O3. The third kappa shape index (κ3) is 3.89. The standard InChI is InChI=1S/C24H21ClN2O3/c1-29-21-13-15-10-11-26-23(19(15)14-22(21)30-2)18-8-3-4-9-20(18)27-24(28)16-6-5-7-17(25)12-16/h3-9,12-14H,10-11H2,1-2H3,(H,27,28). The highest BCUT2D eigenvalue weighted by atomic mass is 35.5. The average Bonchev–Trinajstić information content (AvgIpc) is 2.78. The number of fused-ring (bicyclic) bond motifs is 1. The number of carbonyl (C=O) groups excluding carboxylic acids is 1. The van der Waals surface area contributed by atoms with Gasteiger partial charge in [0.05, 0.1) is 25.6 Å². The number of para-hydroxylation sites is 1. The first-order valence-electron chi connectivity index (χ1n) is 9.56. The Balaban J connectivity index is 1.73. The smallest absolute Gasteiger partial charge is 0.255 e. The van der Waals surface area contributed by atoms with Crippen LogP contribution in [0.1, 0.15) is 27.0 Å². The normalized spacial score (nSPS) is 12.6. The number of carbonyl (C=O) groups is 1. The number of amides is 1. The fraction of sp³-hybridized carbons (Fsp3) is 0.167. The largest absolute Gasteiger partial charge is 0.493 e. The summed E-state index contributed by atoms with van der Waals surface area (Å²) >= 11 is 6.03. The molecule has 0 aromatic heterocycles. The third-order valence-electron chi connectivity index (χ3n) is 5.03. The Kier molecular flexibility index (Phi) is 5.72. The van der Waals surface area contributed by atoms with E-state index >= 15 is 0 Å². The van der Waals surface area contributed by atoms with Crippen LogP contribution in [0, 0.1) is 0 Å². The maximum absolute atomic E-state index is 12.8. The van der Waals surface area contributed by atoms with E-state index in [9.17, 15) is 4.79 Å². The summed E-state index contributed by atoms with van der Waals surface area (Å²) in [4.78, 5) is 17.6. The van der Waals surface area contributed by atoms with E-state index in [1.165, 1.54) is 0 Å². The van der Waals surface area contributed by atoms with Crippen molar-refractivity contribution in [2.45, 2.75) is 6.42 Å². The molecule has 1 N–H and O–H groups in total. The second kappa shape index (κ2) is 8.59. The highest BCUT2D eigenvalue weighted by Gasteiger charge is 2.22. The molecule has 0 spiro atoms. The summed E-state index contributed by atoms with van der Waals surface area (Å²) in [6.45, 7) is 0.661. The maximum Gasteiger partial charge on any atom is 0.255 e. The predicted molar refractivity (Wildman–Crippen MR) is 120 cm³/mol. The number of nitrogens with zero attached hydrogens (tertiary/aromatic N) is 1. The second-order valence-electron chi connectivity index (χ2n) is 6.85. The van der Waals surface area contributed by atoms with Crippen LogP contribution in [0.2, 0.25) is 5.02 Å². The molecule has 1 amide bonds. The summed E-state index contributed by atoms with van der Waals surface area (Å²) in [7, 11) is 3.24. The zero-order valence-electron chi connectivity index (χ0n) is 16.7. The highest BCUT2D eigenvalue weighted by molar-refractivity contribution is 6.31. The van der Waals surface area contributed by atoms with Gasteiger partial charge in [0.1, 0.15) is 0 Å². The molecule has 0 saturated heterocycles. The lowest BCUT2D eigenvalue weighted by Gasteiger charge is -2.21. The predicted octanol–water partition coefficient (Wildman–Crippen LogP) is 5.00.